The predicted octanol–water partition coefficient (Wildman–Crippen LogP) is 1.99. The number of benzene rings is 2. The number of hydrogen-bond acceptors (Lipinski definition) is 4. The summed E-state index contributed by atoms with van der Waals surface area (Å²) >= 11 is 5.83. The Morgan fingerprint density at radius 2 is 1.63 bits per heavy atom. The fraction of sp³-hybridized carbons (Fsp3) is 0.250. The summed E-state index contributed by atoms with van der Waals surface area (Å²) in [4.78, 5) is 40.3. The summed E-state index contributed by atoms with van der Waals surface area (Å²) in [6.07, 6.45) is 0. The van der Waals surface area contributed by atoms with Crippen molar-refractivity contribution in [3.8, 4) is 0 Å². The molecule has 140 valence electrons. The average Bonchev–Trinajstić information content (AvgIpc) is 2.72. The number of anilines is 1. The summed E-state index contributed by atoms with van der Waals surface area (Å²) in [7, 11) is 0. The van der Waals surface area contributed by atoms with Gasteiger partial charge in [0.2, 0.25) is 11.7 Å². The molecule has 0 aliphatic carbocycles. The van der Waals surface area contributed by atoms with Crippen LogP contribution in [0.5, 0.6) is 0 Å². The monoisotopic (exact) mass is 385 g/mol. The first-order valence-corrected chi connectivity index (χ1v) is 9.08. The van der Waals surface area contributed by atoms with Crippen molar-refractivity contribution in [3.63, 3.8) is 0 Å². The van der Waals surface area contributed by atoms with Gasteiger partial charge in [0.05, 0.1) is 6.54 Å². The van der Waals surface area contributed by atoms with E-state index >= 15 is 0 Å². The molecule has 6 nitrogen and oxygen atoms in total. The zero-order valence-electron chi connectivity index (χ0n) is 14.7. The number of carbonyl (C=O) groups excluding carboxylic acids is 3. The second kappa shape index (κ2) is 8.68. The van der Waals surface area contributed by atoms with Crippen molar-refractivity contribution >= 4 is 34.9 Å². The number of amides is 2. The molecule has 1 N–H and O–H groups in total. The lowest BCUT2D eigenvalue weighted by Gasteiger charge is -2.36. The molecule has 0 bridgehead atoms. The van der Waals surface area contributed by atoms with Gasteiger partial charge in [-0.3, -0.25) is 14.4 Å². The van der Waals surface area contributed by atoms with Crippen LogP contribution in [0.1, 0.15) is 10.4 Å². The molecule has 0 aromatic heterocycles. The standard InChI is InChI=1S/C20H20ClN3O3/c21-16-6-4-5-15(13-16)19(26)20(27)22-14-18(25)24-11-9-23(10-12-24)17-7-2-1-3-8-17/h1-8,13H,9-12,14H2,(H,22,27). The summed E-state index contributed by atoms with van der Waals surface area (Å²) < 4.78 is 0. The Hall–Kier alpha value is -2.86. The van der Waals surface area contributed by atoms with E-state index in [1.807, 2.05) is 30.3 Å². The molecule has 2 aromatic rings. The lowest BCUT2D eigenvalue weighted by atomic mass is 10.1. The third-order valence-electron chi connectivity index (χ3n) is 4.45. The Bertz CT molecular complexity index is 833. The zero-order chi connectivity index (χ0) is 19.2. The van der Waals surface area contributed by atoms with Gasteiger partial charge in [0, 0.05) is 42.5 Å². The van der Waals surface area contributed by atoms with Crippen LogP contribution < -0.4 is 10.2 Å². The van der Waals surface area contributed by atoms with Crippen LogP contribution in [0.25, 0.3) is 0 Å². The smallest absolute Gasteiger partial charge is 0.292 e. The minimum atomic E-state index is -0.812. The van der Waals surface area contributed by atoms with Crippen LogP contribution in [0, 0.1) is 0 Å². The molecule has 1 heterocycles. The summed E-state index contributed by atoms with van der Waals surface area (Å²) in [5.74, 6) is -1.72. The van der Waals surface area contributed by atoms with E-state index in [9.17, 15) is 14.4 Å². The summed E-state index contributed by atoms with van der Waals surface area (Å²) in [6.45, 7) is 2.41. The lowest BCUT2D eigenvalue weighted by molar-refractivity contribution is -0.132. The van der Waals surface area contributed by atoms with E-state index in [1.165, 1.54) is 12.1 Å². The van der Waals surface area contributed by atoms with Crippen LogP contribution >= 0.6 is 11.6 Å². The van der Waals surface area contributed by atoms with Gasteiger partial charge in [-0.05, 0) is 24.3 Å². The SMILES string of the molecule is O=C(NCC(=O)N1CCN(c2ccccc2)CC1)C(=O)c1cccc(Cl)c1. The first-order valence-electron chi connectivity index (χ1n) is 8.70. The molecular weight excluding hydrogens is 366 g/mol. The van der Waals surface area contributed by atoms with Crippen molar-refractivity contribution in [1.82, 2.24) is 10.2 Å². The second-order valence-electron chi connectivity index (χ2n) is 6.23. The van der Waals surface area contributed by atoms with Gasteiger partial charge in [-0.2, -0.15) is 0 Å². The number of piperazine rings is 1. The summed E-state index contributed by atoms with van der Waals surface area (Å²) in [5.41, 5.74) is 1.33. The number of rotatable bonds is 5. The van der Waals surface area contributed by atoms with E-state index in [-0.39, 0.29) is 18.0 Å². The van der Waals surface area contributed by atoms with Gasteiger partial charge in [-0.25, -0.2) is 0 Å². The van der Waals surface area contributed by atoms with E-state index < -0.39 is 11.7 Å². The Balaban J connectivity index is 1.47. The van der Waals surface area contributed by atoms with Gasteiger partial charge in [-0.15, -0.1) is 0 Å². The van der Waals surface area contributed by atoms with Crippen molar-refractivity contribution < 1.29 is 14.4 Å². The Morgan fingerprint density at radius 3 is 2.30 bits per heavy atom. The van der Waals surface area contributed by atoms with Crippen molar-refractivity contribution in [3.05, 3.63) is 65.2 Å². The van der Waals surface area contributed by atoms with Crippen molar-refractivity contribution in [2.24, 2.45) is 0 Å². The fourth-order valence-electron chi connectivity index (χ4n) is 2.96. The van der Waals surface area contributed by atoms with Gasteiger partial charge >= 0.3 is 0 Å². The molecule has 0 radical (unpaired) electrons. The highest BCUT2D eigenvalue weighted by Crippen LogP contribution is 2.15. The molecule has 1 aliphatic rings. The first kappa shape index (κ1) is 18.9. The predicted molar refractivity (Wildman–Crippen MR) is 104 cm³/mol. The molecule has 0 saturated carbocycles. The quantitative estimate of drug-likeness (QED) is 0.631. The van der Waals surface area contributed by atoms with Gasteiger partial charge < -0.3 is 15.1 Å². The van der Waals surface area contributed by atoms with E-state index in [2.05, 4.69) is 10.2 Å². The number of nitrogens with one attached hydrogen (secondary N) is 1. The van der Waals surface area contributed by atoms with Gasteiger partial charge in [0.25, 0.3) is 5.91 Å². The normalized spacial score (nSPS) is 14.0. The molecule has 2 amide bonds. The topological polar surface area (TPSA) is 69.7 Å². The molecule has 0 unspecified atom stereocenters. The number of hydrogen-bond donors (Lipinski definition) is 1. The molecule has 2 aromatic carbocycles. The molecule has 1 aliphatic heterocycles. The highest BCUT2D eigenvalue weighted by atomic mass is 35.5. The molecule has 1 saturated heterocycles. The average molecular weight is 386 g/mol. The molecule has 1 fully saturated rings. The molecule has 27 heavy (non-hydrogen) atoms. The van der Waals surface area contributed by atoms with E-state index in [0.717, 1.165) is 18.8 Å². The number of nitrogens with zero attached hydrogens (tertiary/aromatic N) is 2. The van der Waals surface area contributed by atoms with Gasteiger partial charge in [-0.1, -0.05) is 41.9 Å². The number of carbonyl (C=O) groups is 3. The van der Waals surface area contributed by atoms with Gasteiger partial charge in [0.1, 0.15) is 0 Å². The molecule has 3 rings (SSSR count). The third-order valence-corrected chi connectivity index (χ3v) is 4.68. The van der Waals surface area contributed by atoms with Crippen molar-refractivity contribution in [2.75, 3.05) is 37.6 Å². The molecular formula is C20H20ClN3O3. The Kier molecular flexibility index (Phi) is 6.08. The maximum absolute atomic E-state index is 12.3. The number of para-hydroxylation sites is 1. The molecule has 7 heteroatoms. The van der Waals surface area contributed by atoms with E-state index in [1.54, 1.807) is 17.0 Å². The van der Waals surface area contributed by atoms with Gasteiger partial charge in [0.15, 0.2) is 0 Å². The maximum atomic E-state index is 12.3. The number of halogens is 1. The molecule has 0 atom stereocenters. The van der Waals surface area contributed by atoms with Crippen LogP contribution in [0.2, 0.25) is 5.02 Å². The molecule has 0 spiro atoms. The minimum Gasteiger partial charge on any atom is -0.368 e. The summed E-state index contributed by atoms with van der Waals surface area (Å²) in [6, 6.07) is 16.2. The van der Waals surface area contributed by atoms with Crippen LogP contribution in [0.3, 0.4) is 0 Å². The van der Waals surface area contributed by atoms with E-state index in [4.69, 9.17) is 11.6 Å². The summed E-state index contributed by atoms with van der Waals surface area (Å²) in [5, 5.41) is 2.78. The van der Waals surface area contributed by atoms with Crippen LogP contribution in [-0.4, -0.2) is 55.2 Å². The maximum Gasteiger partial charge on any atom is 0.292 e. The number of ketones is 1. The fourth-order valence-corrected chi connectivity index (χ4v) is 3.15. The highest BCUT2D eigenvalue weighted by Gasteiger charge is 2.23. The number of Topliss-reactive ketones (excluding diaryl/α,β-unsaturated/α-hetero) is 1. The van der Waals surface area contributed by atoms with Crippen LogP contribution in [0.15, 0.2) is 54.6 Å². The third kappa shape index (κ3) is 4.86. The lowest BCUT2D eigenvalue weighted by Crippen LogP contribution is -2.51. The van der Waals surface area contributed by atoms with Crippen LogP contribution in [0.4, 0.5) is 5.69 Å². The van der Waals surface area contributed by atoms with E-state index in [0.29, 0.717) is 18.1 Å². The van der Waals surface area contributed by atoms with Crippen molar-refractivity contribution in [2.45, 2.75) is 0 Å². The zero-order valence-corrected chi connectivity index (χ0v) is 15.5. The minimum absolute atomic E-state index is 0.198. The van der Waals surface area contributed by atoms with Crippen molar-refractivity contribution in [1.29, 1.82) is 0 Å². The first-order chi connectivity index (χ1) is 13.0. The Morgan fingerprint density at radius 1 is 0.926 bits per heavy atom. The largest absolute Gasteiger partial charge is 0.368 e. The highest BCUT2D eigenvalue weighted by molar-refractivity contribution is 6.43. The second-order valence-corrected chi connectivity index (χ2v) is 6.66. The Labute approximate surface area is 162 Å². The van der Waals surface area contributed by atoms with Crippen LogP contribution in [-0.2, 0) is 9.59 Å².